The van der Waals surface area contributed by atoms with E-state index in [1.165, 1.54) is 16.3 Å². The number of carbonyl (C=O) groups excluding carboxylic acids is 1. The maximum atomic E-state index is 12.0. The molecule has 2 heteroatoms. The van der Waals surface area contributed by atoms with Gasteiger partial charge in [-0.05, 0) is 61.1 Å². The fourth-order valence-electron chi connectivity index (χ4n) is 2.64. The zero-order chi connectivity index (χ0) is 17.0. The lowest BCUT2D eigenvalue weighted by molar-refractivity contribution is -0.148. The lowest BCUT2D eigenvalue weighted by Crippen LogP contribution is -2.22. The topological polar surface area (TPSA) is 26.3 Å². The van der Waals surface area contributed by atoms with Gasteiger partial charge in [-0.3, -0.25) is 0 Å². The van der Waals surface area contributed by atoms with Crippen molar-refractivity contribution in [3.05, 3.63) is 53.6 Å². The van der Waals surface area contributed by atoms with Crippen molar-refractivity contribution in [3.63, 3.8) is 0 Å². The van der Waals surface area contributed by atoms with Crippen molar-refractivity contribution in [3.8, 4) is 0 Å². The van der Waals surface area contributed by atoms with Gasteiger partial charge >= 0.3 is 5.97 Å². The first-order valence-corrected chi connectivity index (χ1v) is 8.24. The number of rotatable bonds is 4. The lowest BCUT2D eigenvalue weighted by Gasteiger charge is -2.18. The van der Waals surface area contributed by atoms with Crippen LogP contribution in [-0.2, 0) is 9.53 Å². The Bertz CT molecular complexity index is 720. The highest BCUT2D eigenvalue weighted by atomic mass is 16.6. The largest absolute Gasteiger partial charge is 0.457 e. The van der Waals surface area contributed by atoms with E-state index in [-0.39, 0.29) is 5.97 Å². The Morgan fingerprint density at radius 2 is 1.87 bits per heavy atom. The first-order valence-electron chi connectivity index (χ1n) is 8.24. The van der Waals surface area contributed by atoms with Gasteiger partial charge in [0.15, 0.2) is 0 Å². The van der Waals surface area contributed by atoms with Gasteiger partial charge in [0.25, 0.3) is 0 Å². The molecule has 0 fully saturated rings. The predicted molar refractivity (Wildman–Crippen MR) is 97.5 cm³/mol. The molecule has 0 N–H and O–H groups in total. The van der Waals surface area contributed by atoms with E-state index < -0.39 is 5.60 Å². The number of esters is 1. The average molecular weight is 310 g/mol. The summed E-state index contributed by atoms with van der Waals surface area (Å²) < 4.78 is 5.37. The van der Waals surface area contributed by atoms with E-state index in [2.05, 4.69) is 38.1 Å². The Kier molecular flexibility index (Phi) is 5.25. The van der Waals surface area contributed by atoms with E-state index in [1.807, 2.05) is 39.0 Å². The number of hydrogen-bond donors (Lipinski definition) is 0. The lowest BCUT2D eigenvalue weighted by atomic mass is 9.90. The summed E-state index contributed by atoms with van der Waals surface area (Å²) >= 11 is 0. The molecule has 0 spiro atoms. The highest BCUT2D eigenvalue weighted by Crippen LogP contribution is 2.30. The molecule has 0 aliphatic heterocycles. The van der Waals surface area contributed by atoms with Crippen molar-refractivity contribution in [2.45, 2.75) is 52.6 Å². The van der Waals surface area contributed by atoms with Crippen LogP contribution in [0, 0.1) is 0 Å². The molecule has 0 amide bonds. The van der Waals surface area contributed by atoms with Gasteiger partial charge in [0.2, 0.25) is 0 Å². The van der Waals surface area contributed by atoms with Crippen molar-refractivity contribution in [2.24, 2.45) is 0 Å². The molecule has 0 bridgehead atoms. The second-order valence-electron chi connectivity index (χ2n) is 6.97. The van der Waals surface area contributed by atoms with E-state index in [0.717, 1.165) is 12.0 Å². The van der Waals surface area contributed by atoms with Crippen molar-refractivity contribution in [2.75, 3.05) is 0 Å². The van der Waals surface area contributed by atoms with Crippen molar-refractivity contribution in [1.29, 1.82) is 0 Å². The zero-order valence-corrected chi connectivity index (χ0v) is 14.7. The summed E-state index contributed by atoms with van der Waals surface area (Å²) in [6, 6.07) is 12.6. The molecule has 0 saturated heterocycles. The molecule has 1 atom stereocenters. The third-order valence-electron chi connectivity index (χ3n) is 3.94. The van der Waals surface area contributed by atoms with Gasteiger partial charge in [-0.1, -0.05) is 50.2 Å². The fourth-order valence-corrected chi connectivity index (χ4v) is 2.64. The number of benzene rings is 2. The summed E-state index contributed by atoms with van der Waals surface area (Å²) in [6.45, 7) is 10.0. The number of carbonyl (C=O) groups is 1. The van der Waals surface area contributed by atoms with Crippen molar-refractivity contribution < 1.29 is 9.53 Å². The number of fused-ring (bicyclic) bond motifs is 1. The van der Waals surface area contributed by atoms with Crippen LogP contribution in [0.5, 0.6) is 0 Å². The monoisotopic (exact) mass is 310 g/mol. The zero-order valence-electron chi connectivity index (χ0n) is 14.7. The fraction of sp³-hybridized carbons (Fsp3) is 0.381. The third kappa shape index (κ3) is 4.44. The van der Waals surface area contributed by atoms with E-state index in [1.54, 1.807) is 6.08 Å². The van der Waals surface area contributed by atoms with Gasteiger partial charge < -0.3 is 4.74 Å². The SMILES string of the molecule is CC[C@@H](C)c1ccc2ccccc2c1/C=C/C(=O)OC(C)(C)C. The number of hydrogen-bond acceptors (Lipinski definition) is 2. The van der Waals surface area contributed by atoms with Crippen LogP contribution in [0.4, 0.5) is 0 Å². The Morgan fingerprint density at radius 3 is 2.52 bits per heavy atom. The molecular weight excluding hydrogens is 284 g/mol. The van der Waals surface area contributed by atoms with Crippen LogP contribution in [-0.4, -0.2) is 11.6 Å². The molecule has 2 aromatic carbocycles. The first-order chi connectivity index (χ1) is 10.8. The molecule has 0 aliphatic rings. The Hall–Kier alpha value is -2.09. The van der Waals surface area contributed by atoms with E-state index in [0.29, 0.717) is 5.92 Å². The van der Waals surface area contributed by atoms with Crippen LogP contribution in [0.15, 0.2) is 42.5 Å². The van der Waals surface area contributed by atoms with E-state index >= 15 is 0 Å². The third-order valence-corrected chi connectivity index (χ3v) is 3.94. The minimum absolute atomic E-state index is 0.305. The highest BCUT2D eigenvalue weighted by molar-refractivity contribution is 5.96. The van der Waals surface area contributed by atoms with Crippen LogP contribution in [0.1, 0.15) is 58.1 Å². The maximum Gasteiger partial charge on any atom is 0.331 e. The van der Waals surface area contributed by atoms with E-state index in [9.17, 15) is 4.79 Å². The Morgan fingerprint density at radius 1 is 1.17 bits per heavy atom. The van der Waals surface area contributed by atoms with Crippen LogP contribution in [0.2, 0.25) is 0 Å². The maximum absolute atomic E-state index is 12.0. The standard InChI is InChI=1S/C21H26O2/c1-6-15(2)17-12-11-16-9-7-8-10-18(16)19(17)13-14-20(22)23-21(3,4)5/h7-15H,6H2,1-5H3/b14-13+/t15-/m1/s1. The molecule has 0 unspecified atom stereocenters. The highest BCUT2D eigenvalue weighted by Gasteiger charge is 2.15. The van der Waals surface area contributed by atoms with Crippen LogP contribution in [0.3, 0.4) is 0 Å². The Balaban J connectivity index is 2.46. The average Bonchev–Trinajstić information content (AvgIpc) is 2.50. The molecule has 0 saturated carbocycles. The summed E-state index contributed by atoms with van der Waals surface area (Å²) in [4.78, 5) is 12.0. The quantitative estimate of drug-likeness (QED) is 0.534. The summed E-state index contributed by atoms with van der Waals surface area (Å²) in [5.74, 6) is 0.137. The van der Waals surface area contributed by atoms with Crippen molar-refractivity contribution in [1.82, 2.24) is 0 Å². The summed E-state index contributed by atoms with van der Waals surface area (Å²) in [5.41, 5.74) is 1.91. The molecule has 0 radical (unpaired) electrons. The first kappa shape index (κ1) is 17.3. The minimum Gasteiger partial charge on any atom is -0.457 e. The van der Waals surface area contributed by atoms with Gasteiger partial charge in [-0.15, -0.1) is 0 Å². The van der Waals surface area contributed by atoms with Crippen LogP contribution in [0.25, 0.3) is 16.8 Å². The normalized spacial score (nSPS) is 13.4. The summed E-state index contributed by atoms with van der Waals surface area (Å²) in [5, 5.41) is 2.36. The van der Waals surface area contributed by atoms with Gasteiger partial charge in [0.05, 0.1) is 0 Å². The summed E-state index contributed by atoms with van der Waals surface area (Å²) in [7, 11) is 0. The van der Waals surface area contributed by atoms with Gasteiger partial charge in [-0.25, -0.2) is 4.79 Å². The second-order valence-corrected chi connectivity index (χ2v) is 6.97. The van der Waals surface area contributed by atoms with Gasteiger partial charge in [0.1, 0.15) is 5.60 Å². The number of ether oxygens (including phenoxy) is 1. The van der Waals surface area contributed by atoms with E-state index in [4.69, 9.17) is 4.74 Å². The molecule has 2 nitrogen and oxygen atoms in total. The Labute approximate surface area is 139 Å². The molecule has 0 aliphatic carbocycles. The molecule has 2 aromatic rings. The predicted octanol–water partition coefficient (Wildman–Crippen LogP) is 5.71. The van der Waals surface area contributed by atoms with Crippen LogP contribution >= 0.6 is 0 Å². The van der Waals surface area contributed by atoms with Gasteiger partial charge in [-0.2, -0.15) is 0 Å². The molecule has 0 aromatic heterocycles. The minimum atomic E-state index is -0.473. The molecule has 0 heterocycles. The van der Waals surface area contributed by atoms with Gasteiger partial charge in [0, 0.05) is 6.08 Å². The van der Waals surface area contributed by atoms with Crippen molar-refractivity contribution >= 4 is 22.8 Å². The molecule has 122 valence electrons. The summed E-state index contributed by atoms with van der Waals surface area (Å²) in [6.07, 6.45) is 4.50. The molecular formula is C21H26O2. The molecule has 2 rings (SSSR count). The second kappa shape index (κ2) is 6.99. The van der Waals surface area contributed by atoms with Crippen LogP contribution < -0.4 is 0 Å². The smallest absolute Gasteiger partial charge is 0.331 e. The molecule has 23 heavy (non-hydrogen) atoms.